The van der Waals surface area contributed by atoms with E-state index in [1.54, 1.807) is 0 Å². The van der Waals surface area contributed by atoms with E-state index in [1.165, 1.54) is 24.6 Å². The number of thioether (sulfide) groups is 1. The molecule has 0 unspecified atom stereocenters. The smallest absolute Gasteiger partial charge is 0.230 e. The molecule has 94 valence electrons. The monoisotopic (exact) mass is 271 g/mol. The van der Waals surface area contributed by atoms with Gasteiger partial charge in [0.1, 0.15) is 0 Å². The van der Waals surface area contributed by atoms with Crippen LogP contribution in [0.3, 0.4) is 0 Å². The van der Waals surface area contributed by atoms with E-state index < -0.39 is 0 Å². The van der Waals surface area contributed by atoms with Gasteiger partial charge < -0.3 is 5.32 Å². The largest absolute Gasteiger partial charge is 0.355 e. The standard InChI is InChI=1S/C13H18ClNOS/c1-2-3-4-9-15-13(16)10-17-12-7-5-11(14)6-8-12/h5-8H,2-4,9-10H2,1H3,(H,15,16). The lowest BCUT2D eigenvalue weighted by Crippen LogP contribution is -2.26. The van der Waals surface area contributed by atoms with Crippen molar-refractivity contribution in [2.45, 2.75) is 31.1 Å². The molecule has 0 aliphatic carbocycles. The molecule has 0 spiro atoms. The van der Waals surface area contributed by atoms with Crippen LogP contribution in [0.2, 0.25) is 5.02 Å². The summed E-state index contributed by atoms with van der Waals surface area (Å²) in [6, 6.07) is 7.53. The summed E-state index contributed by atoms with van der Waals surface area (Å²) in [5, 5.41) is 3.63. The van der Waals surface area contributed by atoms with Crippen LogP contribution >= 0.6 is 23.4 Å². The molecular formula is C13H18ClNOS. The summed E-state index contributed by atoms with van der Waals surface area (Å²) >= 11 is 7.31. The van der Waals surface area contributed by atoms with Crippen LogP contribution in [0.4, 0.5) is 0 Å². The van der Waals surface area contributed by atoms with Crippen molar-refractivity contribution < 1.29 is 4.79 Å². The SMILES string of the molecule is CCCCCNC(=O)CSc1ccc(Cl)cc1. The quantitative estimate of drug-likeness (QED) is 0.605. The lowest BCUT2D eigenvalue weighted by Gasteiger charge is -2.04. The Balaban J connectivity index is 2.17. The number of carbonyl (C=O) groups is 1. The van der Waals surface area contributed by atoms with Gasteiger partial charge in [-0.3, -0.25) is 4.79 Å². The summed E-state index contributed by atoms with van der Waals surface area (Å²) in [5.74, 6) is 0.564. The molecule has 0 aromatic heterocycles. The molecule has 4 heteroatoms. The number of unbranched alkanes of at least 4 members (excludes halogenated alkanes) is 2. The van der Waals surface area contributed by atoms with Gasteiger partial charge in [-0.2, -0.15) is 0 Å². The second-order valence-electron chi connectivity index (χ2n) is 3.80. The third-order valence-electron chi connectivity index (χ3n) is 2.29. The van der Waals surface area contributed by atoms with Crippen molar-refractivity contribution in [1.29, 1.82) is 0 Å². The van der Waals surface area contributed by atoms with E-state index in [0.29, 0.717) is 5.75 Å². The predicted octanol–water partition coefficient (Wildman–Crippen LogP) is 3.74. The minimum Gasteiger partial charge on any atom is -0.355 e. The topological polar surface area (TPSA) is 29.1 Å². The van der Waals surface area contributed by atoms with Crippen LogP contribution in [0.15, 0.2) is 29.2 Å². The molecule has 0 fully saturated rings. The Bertz CT molecular complexity index is 340. The third kappa shape index (κ3) is 6.59. The summed E-state index contributed by atoms with van der Waals surface area (Å²) in [5.41, 5.74) is 0. The first-order valence-electron chi connectivity index (χ1n) is 5.87. The minimum absolute atomic E-state index is 0.0982. The zero-order chi connectivity index (χ0) is 12.5. The van der Waals surface area contributed by atoms with E-state index in [9.17, 15) is 4.79 Å². The average Bonchev–Trinajstić information content (AvgIpc) is 2.34. The molecule has 0 heterocycles. The number of halogens is 1. The predicted molar refractivity (Wildman–Crippen MR) is 74.7 cm³/mol. The van der Waals surface area contributed by atoms with Crippen LogP contribution in [-0.4, -0.2) is 18.2 Å². The van der Waals surface area contributed by atoms with E-state index in [4.69, 9.17) is 11.6 Å². The molecular weight excluding hydrogens is 254 g/mol. The van der Waals surface area contributed by atoms with Gasteiger partial charge >= 0.3 is 0 Å². The third-order valence-corrected chi connectivity index (χ3v) is 3.55. The van der Waals surface area contributed by atoms with E-state index >= 15 is 0 Å². The number of hydrogen-bond acceptors (Lipinski definition) is 2. The molecule has 0 saturated heterocycles. The Kier molecular flexibility index (Phi) is 7.13. The van der Waals surface area contributed by atoms with Crippen LogP contribution in [0.25, 0.3) is 0 Å². The zero-order valence-corrected chi connectivity index (χ0v) is 11.6. The van der Waals surface area contributed by atoms with Gasteiger partial charge in [0.25, 0.3) is 0 Å². The summed E-state index contributed by atoms with van der Waals surface area (Å²) in [7, 11) is 0. The van der Waals surface area contributed by atoms with Gasteiger partial charge in [-0.1, -0.05) is 31.4 Å². The highest BCUT2D eigenvalue weighted by molar-refractivity contribution is 8.00. The average molecular weight is 272 g/mol. The lowest BCUT2D eigenvalue weighted by atomic mass is 10.2. The first-order valence-corrected chi connectivity index (χ1v) is 7.24. The van der Waals surface area contributed by atoms with Gasteiger partial charge in [0.2, 0.25) is 5.91 Å². The highest BCUT2D eigenvalue weighted by Crippen LogP contribution is 2.19. The fraction of sp³-hybridized carbons (Fsp3) is 0.462. The van der Waals surface area contributed by atoms with Gasteiger partial charge in [0.15, 0.2) is 0 Å². The van der Waals surface area contributed by atoms with Crippen molar-refractivity contribution in [1.82, 2.24) is 5.32 Å². The van der Waals surface area contributed by atoms with E-state index in [-0.39, 0.29) is 5.91 Å². The molecule has 0 aliphatic heterocycles. The minimum atomic E-state index is 0.0982. The molecule has 1 rings (SSSR count). The maximum Gasteiger partial charge on any atom is 0.230 e. The fourth-order valence-corrected chi connectivity index (χ4v) is 2.19. The highest BCUT2D eigenvalue weighted by atomic mass is 35.5. The summed E-state index contributed by atoms with van der Waals surface area (Å²) in [6.45, 7) is 2.94. The summed E-state index contributed by atoms with van der Waals surface area (Å²) in [6.07, 6.45) is 3.41. The molecule has 1 N–H and O–H groups in total. The number of nitrogens with one attached hydrogen (secondary N) is 1. The van der Waals surface area contributed by atoms with Crippen LogP contribution in [0, 0.1) is 0 Å². The zero-order valence-electron chi connectivity index (χ0n) is 10.0. The van der Waals surface area contributed by atoms with Crippen molar-refractivity contribution in [3.63, 3.8) is 0 Å². The van der Waals surface area contributed by atoms with E-state index in [0.717, 1.165) is 22.9 Å². The van der Waals surface area contributed by atoms with Crippen molar-refractivity contribution >= 4 is 29.3 Å². The molecule has 0 bridgehead atoms. The second kappa shape index (κ2) is 8.43. The van der Waals surface area contributed by atoms with Crippen LogP contribution in [-0.2, 0) is 4.79 Å². The van der Waals surface area contributed by atoms with Crippen LogP contribution < -0.4 is 5.32 Å². The number of carbonyl (C=O) groups excluding carboxylic acids is 1. The summed E-state index contributed by atoms with van der Waals surface area (Å²) < 4.78 is 0. The Hall–Kier alpha value is -0.670. The molecule has 2 nitrogen and oxygen atoms in total. The number of amides is 1. The van der Waals surface area contributed by atoms with Gasteiger partial charge in [0, 0.05) is 16.5 Å². The Morgan fingerprint density at radius 1 is 1.29 bits per heavy atom. The molecule has 0 radical (unpaired) electrons. The van der Waals surface area contributed by atoms with Crippen molar-refractivity contribution in [3.05, 3.63) is 29.3 Å². The molecule has 0 aliphatic rings. The van der Waals surface area contributed by atoms with Gasteiger partial charge in [-0.25, -0.2) is 0 Å². The normalized spacial score (nSPS) is 10.2. The number of hydrogen-bond donors (Lipinski definition) is 1. The molecule has 1 amide bonds. The molecule has 0 atom stereocenters. The van der Waals surface area contributed by atoms with Crippen molar-refractivity contribution in [2.75, 3.05) is 12.3 Å². The van der Waals surface area contributed by atoms with E-state index in [1.807, 2.05) is 24.3 Å². The molecule has 1 aromatic carbocycles. The first-order chi connectivity index (χ1) is 8.22. The molecule has 0 saturated carbocycles. The first kappa shape index (κ1) is 14.4. The van der Waals surface area contributed by atoms with E-state index in [2.05, 4.69) is 12.2 Å². The van der Waals surface area contributed by atoms with Crippen molar-refractivity contribution in [3.8, 4) is 0 Å². The Morgan fingerprint density at radius 3 is 2.65 bits per heavy atom. The van der Waals surface area contributed by atoms with Gasteiger partial charge in [0.05, 0.1) is 5.75 Å². The number of benzene rings is 1. The van der Waals surface area contributed by atoms with Crippen molar-refractivity contribution in [2.24, 2.45) is 0 Å². The van der Waals surface area contributed by atoms with Gasteiger partial charge in [-0.15, -0.1) is 11.8 Å². The Morgan fingerprint density at radius 2 is 2.00 bits per heavy atom. The lowest BCUT2D eigenvalue weighted by molar-refractivity contribution is -0.118. The van der Waals surface area contributed by atoms with Crippen LogP contribution in [0.5, 0.6) is 0 Å². The number of rotatable bonds is 7. The summed E-state index contributed by atoms with van der Waals surface area (Å²) in [4.78, 5) is 12.6. The van der Waals surface area contributed by atoms with Crippen LogP contribution in [0.1, 0.15) is 26.2 Å². The molecule has 1 aromatic rings. The maximum absolute atomic E-state index is 11.5. The fourth-order valence-electron chi connectivity index (χ4n) is 1.33. The Labute approximate surface area is 112 Å². The highest BCUT2D eigenvalue weighted by Gasteiger charge is 2.01. The van der Waals surface area contributed by atoms with Gasteiger partial charge in [-0.05, 0) is 30.7 Å². The maximum atomic E-state index is 11.5. The second-order valence-corrected chi connectivity index (χ2v) is 5.28. The molecule has 17 heavy (non-hydrogen) atoms.